The van der Waals surface area contributed by atoms with E-state index in [9.17, 15) is 0 Å². The van der Waals surface area contributed by atoms with E-state index >= 15 is 0 Å². The largest absolute Gasteiger partial charge is 0.357 e. The van der Waals surface area contributed by atoms with Crippen molar-refractivity contribution in [3.63, 3.8) is 0 Å². The quantitative estimate of drug-likeness (QED) is 0.384. The fraction of sp³-hybridized carbons (Fsp3) is 0.500. The third-order valence-electron chi connectivity index (χ3n) is 4.31. The highest BCUT2D eigenvalue weighted by molar-refractivity contribution is 14.0. The number of nitrogens with zero attached hydrogens (tertiary/aromatic N) is 4. The molecule has 3 rings (SSSR count). The predicted octanol–water partition coefficient (Wildman–Crippen LogP) is 2.57. The summed E-state index contributed by atoms with van der Waals surface area (Å²) in [6.07, 6.45) is 3.84. The Labute approximate surface area is 166 Å². The number of aryl methyl sites for hydroxylation is 1. The van der Waals surface area contributed by atoms with Gasteiger partial charge in [-0.25, -0.2) is 0 Å². The minimum Gasteiger partial charge on any atom is -0.357 e. The van der Waals surface area contributed by atoms with E-state index in [4.69, 9.17) is 4.99 Å². The van der Waals surface area contributed by atoms with Crippen LogP contribution >= 0.6 is 24.0 Å². The third-order valence-corrected chi connectivity index (χ3v) is 4.31. The molecule has 1 aliphatic carbocycles. The van der Waals surface area contributed by atoms with Crippen molar-refractivity contribution in [2.24, 2.45) is 4.99 Å². The number of aromatic nitrogens is 3. The number of hydrogen-bond acceptors (Lipinski definition) is 3. The molecule has 2 unspecified atom stereocenters. The molecule has 1 saturated carbocycles. The van der Waals surface area contributed by atoms with Crippen LogP contribution in [0.2, 0.25) is 0 Å². The van der Waals surface area contributed by atoms with E-state index < -0.39 is 0 Å². The first-order chi connectivity index (χ1) is 11.8. The molecule has 2 aromatic rings. The molecule has 0 saturated heterocycles. The van der Waals surface area contributed by atoms with Crippen LogP contribution in [0.25, 0.3) is 0 Å². The van der Waals surface area contributed by atoms with Gasteiger partial charge in [0.25, 0.3) is 0 Å². The van der Waals surface area contributed by atoms with E-state index in [1.807, 2.05) is 0 Å². The van der Waals surface area contributed by atoms with E-state index in [2.05, 4.69) is 69.6 Å². The van der Waals surface area contributed by atoms with Crippen LogP contribution in [0.1, 0.15) is 37.6 Å². The number of halogens is 1. The lowest BCUT2D eigenvalue weighted by Crippen LogP contribution is -2.39. The van der Waals surface area contributed by atoms with E-state index in [1.165, 1.54) is 12.0 Å². The average Bonchev–Trinajstić information content (AvgIpc) is 3.23. The van der Waals surface area contributed by atoms with Crippen molar-refractivity contribution in [3.8, 4) is 0 Å². The molecule has 1 aliphatic rings. The zero-order valence-electron chi connectivity index (χ0n) is 14.9. The maximum atomic E-state index is 4.69. The van der Waals surface area contributed by atoms with Crippen molar-refractivity contribution in [2.75, 3.05) is 13.1 Å². The lowest BCUT2D eigenvalue weighted by molar-refractivity contribution is 0.660. The monoisotopic (exact) mass is 454 g/mol. The first-order valence-corrected chi connectivity index (χ1v) is 8.78. The summed E-state index contributed by atoms with van der Waals surface area (Å²) in [4.78, 5) is 4.69. The standard InChI is InChI=1S/C18H26N6.HI/c1-3-17-23-21-13-24(17)11-10-20-18(19-4-2)22-16-12-15(16)14-8-6-5-7-9-14;/h5-9,13,15-16H,3-4,10-12H2,1-2H3,(H2,19,20,22);1H. The normalized spacial score (nSPS) is 19.2. The van der Waals surface area contributed by atoms with Gasteiger partial charge in [-0.3, -0.25) is 4.99 Å². The van der Waals surface area contributed by atoms with Gasteiger partial charge in [0, 0.05) is 31.5 Å². The number of aliphatic imine (C=N–C) groups is 1. The molecule has 0 spiro atoms. The van der Waals surface area contributed by atoms with Gasteiger partial charge >= 0.3 is 0 Å². The molecule has 2 N–H and O–H groups in total. The van der Waals surface area contributed by atoms with Crippen LogP contribution in [0.15, 0.2) is 41.7 Å². The molecule has 7 heteroatoms. The van der Waals surface area contributed by atoms with Gasteiger partial charge in [0.05, 0.1) is 6.54 Å². The van der Waals surface area contributed by atoms with Crippen molar-refractivity contribution in [1.82, 2.24) is 25.4 Å². The highest BCUT2D eigenvalue weighted by Gasteiger charge is 2.38. The Balaban J connectivity index is 0.00000225. The minimum atomic E-state index is 0. The molecule has 25 heavy (non-hydrogen) atoms. The number of rotatable bonds is 7. The highest BCUT2D eigenvalue weighted by atomic mass is 127. The summed E-state index contributed by atoms with van der Waals surface area (Å²) >= 11 is 0. The zero-order chi connectivity index (χ0) is 16.8. The van der Waals surface area contributed by atoms with Crippen LogP contribution in [-0.4, -0.2) is 39.9 Å². The molecule has 1 aromatic heterocycles. The summed E-state index contributed by atoms with van der Waals surface area (Å²) in [5, 5.41) is 14.9. The van der Waals surface area contributed by atoms with Crippen LogP contribution < -0.4 is 10.6 Å². The summed E-state index contributed by atoms with van der Waals surface area (Å²) in [5.41, 5.74) is 1.41. The Morgan fingerprint density at radius 1 is 1.28 bits per heavy atom. The topological polar surface area (TPSA) is 67.1 Å². The van der Waals surface area contributed by atoms with Crippen LogP contribution in [0, 0.1) is 0 Å². The maximum Gasteiger partial charge on any atom is 0.191 e. The summed E-state index contributed by atoms with van der Waals surface area (Å²) in [7, 11) is 0. The Bertz CT molecular complexity index is 669. The van der Waals surface area contributed by atoms with Crippen LogP contribution in [0.3, 0.4) is 0 Å². The third kappa shape index (κ3) is 5.42. The highest BCUT2D eigenvalue weighted by Crippen LogP contribution is 2.40. The molecule has 0 radical (unpaired) electrons. The van der Waals surface area contributed by atoms with E-state index in [0.717, 1.165) is 31.3 Å². The Morgan fingerprint density at radius 2 is 2.08 bits per heavy atom. The minimum absolute atomic E-state index is 0. The van der Waals surface area contributed by atoms with E-state index in [1.54, 1.807) is 6.33 Å². The smallest absolute Gasteiger partial charge is 0.191 e. The molecular formula is C18H27IN6. The van der Waals surface area contributed by atoms with Crippen molar-refractivity contribution in [1.29, 1.82) is 0 Å². The van der Waals surface area contributed by atoms with Gasteiger partial charge in [-0.2, -0.15) is 0 Å². The molecule has 136 valence electrons. The second-order valence-corrected chi connectivity index (χ2v) is 6.06. The Morgan fingerprint density at radius 3 is 2.80 bits per heavy atom. The summed E-state index contributed by atoms with van der Waals surface area (Å²) in [6, 6.07) is 11.2. The SMILES string of the molecule is CCNC(=NCCn1cnnc1CC)NC1CC1c1ccccc1.I. The van der Waals surface area contributed by atoms with Gasteiger partial charge in [0.2, 0.25) is 0 Å². The number of nitrogens with one attached hydrogen (secondary N) is 2. The summed E-state index contributed by atoms with van der Waals surface area (Å²) in [6.45, 7) is 6.56. The molecule has 0 amide bonds. The summed E-state index contributed by atoms with van der Waals surface area (Å²) < 4.78 is 2.07. The molecule has 6 nitrogen and oxygen atoms in total. The zero-order valence-corrected chi connectivity index (χ0v) is 17.2. The predicted molar refractivity (Wildman–Crippen MR) is 112 cm³/mol. The first-order valence-electron chi connectivity index (χ1n) is 8.78. The average molecular weight is 454 g/mol. The Hall–Kier alpha value is -1.64. The van der Waals surface area contributed by atoms with E-state index in [-0.39, 0.29) is 24.0 Å². The van der Waals surface area contributed by atoms with Gasteiger partial charge in [-0.15, -0.1) is 34.2 Å². The maximum absolute atomic E-state index is 4.69. The van der Waals surface area contributed by atoms with Crippen LogP contribution in [0.4, 0.5) is 0 Å². The van der Waals surface area contributed by atoms with E-state index in [0.29, 0.717) is 18.5 Å². The summed E-state index contributed by atoms with van der Waals surface area (Å²) in [5.74, 6) is 2.50. The van der Waals surface area contributed by atoms with Crippen molar-refractivity contribution in [3.05, 3.63) is 48.0 Å². The lowest BCUT2D eigenvalue weighted by atomic mass is 10.1. The van der Waals surface area contributed by atoms with Crippen LogP contribution in [-0.2, 0) is 13.0 Å². The second kappa shape index (κ2) is 9.74. The lowest BCUT2D eigenvalue weighted by Gasteiger charge is -2.11. The van der Waals surface area contributed by atoms with Crippen molar-refractivity contribution in [2.45, 2.75) is 45.2 Å². The number of hydrogen-bond donors (Lipinski definition) is 2. The van der Waals surface area contributed by atoms with Gasteiger partial charge in [0.15, 0.2) is 5.96 Å². The number of guanidine groups is 1. The fourth-order valence-electron chi connectivity index (χ4n) is 2.93. The van der Waals surface area contributed by atoms with Crippen molar-refractivity contribution < 1.29 is 0 Å². The number of benzene rings is 1. The van der Waals surface area contributed by atoms with Gasteiger partial charge in [-0.05, 0) is 18.9 Å². The van der Waals surface area contributed by atoms with Gasteiger partial charge < -0.3 is 15.2 Å². The second-order valence-electron chi connectivity index (χ2n) is 6.06. The Kier molecular flexibility index (Phi) is 7.67. The molecule has 1 heterocycles. The molecule has 2 atom stereocenters. The fourth-order valence-corrected chi connectivity index (χ4v) is 2.93. The van der Waals surface area contributed by atoms with Gasteiger partial charge in [-0.1, -0.05) is 37.3 Å². The molecular weight excluding hydrogens is 427 g/mol. The molecule has 0 aliphatic heterocycles. The molecule has 1 fully saturated rings. The van der Waals surface area contributed by atoms with Crippen molar-refractivity contribution >= 4 is 29.9 Å². The first kappa shape index (κ1) is 19.7. The molecule has 1 aromatic carbocycles. The van der Waals surface area contributed by atoms with Gasteiger partial charge in [0.1, 0.15) is 12.2 Å². The molecule has 0 bridgehead atoms. The van der Waals surface area contributed by atoms with Crippen LogP contribution in [0.5, 0.6) is 0 Å².